The van der Waals surface area contributed by atoms with E-state index in [4.69, 9.17) is 4.42 Å². The van der Waals surface area contributed by atoms with Gasteiger partial charge in [-0.05, 0) is 53.6 Å². The number of fused-ring (bicyclic) bond motifs is 2. The fourth-order valence-corrected chi connectivity index (χ4v) is 4.15. The standard InChI is InChI=1S/C27H18FN5O2/c28-21-3-1-2-17(8-21)14-33-25-7-6-22(9-20(25)12-31-33)32-27-24(13-29-16-30-27)18-4-5-19-10-23(15-34)35-26(19)11-18/h1-13,15-16H,14H2,(H,29,30,32). The number of carbonyl (C=O) groups excluding carboxylic acids is 1. The molecule has 0 spiro atoms. The van der Waals surface area contributed by atoms with Crippen LogP contribution in [0.2, 0.25) is 0 Å². The Hall–Kier alpha value is -4.85. The number of hydrogen-bond acceptors (Lipinski definition) is 6. The van der Waals surface area contributed by atoms with E-state index in [9.17, 15) is 9.18 Å². The lowest BCUT2D eigenvalue weighted by Crippen LogP contribution is -2.01. The zero-order valence-electron chi connectivity index (χ0n) is 18.4. The largest absolute Gasteiger partial charge is 0.453 e. The van der Waals surface area contributed by atoms with E-state index in [0.717, 1.165) is 38.7 Å². The van der Waals surface area contributed by atoms with Crippen molar-refractivity contribution < 1.29 is 13.6 Å². The van der Waals surface area contributed by atoms with Gasteiger partial charge >= 0.3 is 0 Å². The number of aldehydes is 1. The SMILES string of the molecule is O=Cc1cc2ccc(-c3cncnc3Nc3ccc4c(cnn4Cc4cccc(F)c4)c3)cc2o1. The first-order valence-electron chi connectivity index (χ1n) is 10.9. The molecule has 35 heavy (non-hydrogen) atoms. The van der Waals surface area contributed by atoms with E-state index in [1.165, 1.54) is 18.5 Å². The van der Waals surface area contributed by atoms with Gasteiger partial charge in [0.05, 0.1) is 18.3 Å². The Balaban J connectivity index is 1.30. The zero-order valence-corrected chi connectivity index (χ0v) is 18.4. The van der Waals surface area contributed by atoms with Gasteiger partial charge in [-0.2, -0.15) is 5.10 Å². The third-order valence-corrected chi connectivity index (χ3v) is 5.80. The number of rotatable bonds is 6. The monoisotopic (exact) mass is 463 g/mol. The predicted octanol–water partition coefficient (Wildman–Crippen LogP) is 5.98. The van der Waals surface area contributed by atoms with E-state index in [1.807, 2.05) is 47.1 Å². The van der Waals surface area contributed by atoms with Gasteiger partial charge in [-0.15, -0.1) is 0 Å². The molecule has 0 amide bonds. The van der Waals surface area contributed by atoms with Crippen molar-refractivity contribution in [3.8, 4) is 11.1 Å². The molecule has 0 aliphatic heterocycles. The van der Waals surface area contributed by atoms with E-state index in [2.05, 4.69) is 20.4 Å². The van der Waals surface area contributed by atoms with Gasteiger partial charge in [0, 0.05) is 28.2 Å². The first-order chi connectivity index (χ1) is 17.2. The molecule has 0 saturated carbocycles. The fourth-order valence-electron chi connectivity index (χ4n) is 4.15. The molecule has 3 heterocycles. The molecule has 0 aliphatic carbocycles. The van der Waals surface area contributed by atoms with Gasteiger partial charge in [0.1, 0.15) is 23.5 Å². The van der Waals surface area contributed by atoms with Crippen LogP contribution in [0.1, 0.15) is 16.1 Å². The Bertz CT molecular complexity index is 1710. The lowest BCUT2D eigenvalue weighted by Gasteiger charge is -2.11. The molecule has 3 aromatic heterocycles. The highest BCUT2D eigenvalue weighted by Crippen LogP contribution is 2.32. The minimum atomic E-state index is -0.263. The van der Waals surface area contributed by atoms with Gasteiger partial charge in [-0.3, -0.25) is 9.48 Å². The quantitative estimate of drug-likeness (QED) is 0.306. The molecule has 0 radical (unpaired) electrons. The van der Waals surface area contributed by atoms with Crippen LogP contribution < -0.4 is 5.32 Å². The molecular weight excluding hydrogens is 445 g/mol. The van der Waals surface area contributed by atoms with E-state index >= 15 is 0 Å². The van der Waals surface area contributed by atoms with Crippen molar-refractivity contribution in [1.29, 1.82) is 0 Å². The molecule has 0 unspecified atom stereocenters. The summed E-state index contributed by atoms with van der Waals surface area (Å²) in [6.45, 7) is 0.477. The molecular formula is C27H18FN5O2. The van der Waals surface area contributed by atoms with Gasteiger partial charge in [-0.1, -0.05) is 24.3 Å². The van der Waals surface area contributed by atoms with E-state index in [1.54, 1.807) is 24.5 Å². The van der Waals surface area contributed by atoms with Gasteiger partial charge in [0.25, 0.3) is 0 Å². The molecule has 3 aromatic carbocycles. The summed E-state index contributed by atoms with van der Waals surface area (Å²) in [5.41, 5.74) is 4.89. The van der Waals surface area contributed by atoms with Crippen LogP contribution >= 0.6 is 0 Å². The Labute approximate surface area is 198 Å². The lowest BCUT2D eigenvalue weighted by atomic mass is 10.1. The topological polar surface area (TPSA) is 85.8 Å². The lowest BCUT2D eigenvalue weighted by molar-refractivity contribution is 0.110. The van der Waals surface area contributed by atoms with Gasteiger partial charge in [0.2, 0.25) is 0 Å². The molecule has 8 heteroatoms. The third-order valence-electron chi connectivity index (χ3n) is 5.80. The second-order valence-corrected chi connectivity index (χ2v) is 8.13. The minimum Gasteiger partial charge on any atom is -0.453 e. The summed E-state index contributed by atoms with van der Waals surface area (Å²) in [7, 11) is 0. The average molecular weight is 463 g/mol. The molecule has 0 atom stereocenters. The summed E-state index contributed by atoms with van der Waals surface area (Å²) < 4.78 is 21.0. The molecule has 1 N–H and O–H groups in total. The summed E-state index contributed by atoms with van der Waals surface area (Å²) in [5.74, 6) is 0.653. The predicted molar refractivity (Wildman–Crippen MR) is 131 cm³/mol. The summed E-state index contributed by atoms with van der Waals surface area (Å²) in [6, 6.07) is 19.8. The highest BCUT2D eigenvalue weighted by Gasteiger charge is 2.12. The summed E-state index contributed by atoms with van der Waals surface area (Å²) in [6.07, 6.45) is 5.69. The van der Waals surface area contributed by atoms with Crippen molar-refractivity contribution in [2.75, 3.05) is 5.32 Å². The normalized spacial score (nSPS) is 11.2. The second-order valence-electron chi connectivity index (χ2n) is 8.13. The highest BCUT2D eigenvalue weighted by atomic mass is 19.1. The maximum atomic E-state index is 13.6. The van der Waals surface area contributed by atoms with Crippen molar-refractivity contribution in [1.82, 2.24) is 19.7 Å². The Morgan fingerprint density at radius 3 is 2.83 bits per heavy atom. The number of carbonyl (C=O) groups is 1. The Morgan fingerprint density at radius 2 is 1.94 bits per heavy atom. The Morgan fingerprint density at radius 1 is 1.00 bits per heavy atom. The van der Waals surface area contributed by atoms with E-state index < -0.39 is 0 Å². The van der Waals surface area contributed by atoms with Crippen LogP contribution in [0, 0.1) is 5.82 Å². The van der Waals surface area contributed by atoms with E-state index in [-0.39, 0.29) is 11.6 Å². The number of anilines is 2. The molecule has 7 nitrogen and oxygen atoms in total. The minimum absolute atomic E-state index is 0.263. The van der Waals surface area contributed by atoms with Crippen LogP contribution in [0.25, 0.3) is 33.0 Å². The molecule has 0 fully saturated rings. The molecule has 6 rings (SSSR count). The molecule has 6 aromatic rings. The van der Waals surface area contributed by atoms with Crippen LogP contribution in [-0.2, 0) is 6.54 Å². The Kier molecular flexibility index (Phi) is 5.03. The second kappa shape index (κ2) is 8.49. The maximum Gasteiger partial charge on any atom is 0.185 e. The number of nitrogens with one attached hydrogen (secondary N) is 1. The van der Waals surface area contributed by atoms with Crippen molar-refractivity contribution in [3.05, 3.63) is 103 Å². The molecule has 0 aliphatic rings. The van der Waals surface area contributed by atoms with Crippen molar-refractivity contribution >= 4 is 39.7 Å². The fraction of sp³-hybridized carbons (Fsp3) is 0.0370. The third kappa shape index (κ3) is 4.02. The summed E-state index contributed by atoms with van der Waals surface area (Å²) >= 11 is 0. The van der Waals surface area contributed by atoms with Crippen molar-refractivity contribution in [2.45, 2.75) is 6.54 Å². The van der Waals surface area contributed by atoms with Gasteiger partial charge in [-0.25, -0.2) is 14.4 Å². The van der Waals surface area contributed by atoms with Crippen molar-refractivity contribution in [3.63, 3.8) is 0 Å². The highest BCUT2D eigenvalue weighted by molar-refractivity contribution is 5.90. The van der Waals surface area contributed by atoms with Crippen LogP contribution in [0.15, 0.2) is 89.9 Å². The number of nitrogens with zero attached hydrogens (tertiary/aromatic N) is 4. The zero-order chi connectivity index (χ0) is 23.8. The molecule has 0 bridgehead atoms. The maximum absolute atomic E-state index is 13.6. The van der Waals surface area contributed by atoms with Crippen LogP contribution in [0.4, 0.5) is 15.9 Å². The number of furan rings is 1. The summed E-state index contributed by atoms with van der Waals surface area (Å²) in [5, 5.41) is 9.64. The van der Waals surface area contributed by atoms with Crippen LogP contribution in [0.3, 0.4) is 0 Å². The van der Waals surface area contributed by atoms with Crippen LogP contribution in [-0.4, -0.2) is 26.0 Å². The molecule has 0 saturated heterocycles. The number of benzene rings is 3. The van der Waals surface area contributed by atoms with Gasteiger partial charge < -0.3 is 9.73 Å². The molecule has 170 valence electrons. The first kappa shape index (κ1) is 20.7. The number of aromatic nitrogens is 4. The first-order valence-corrected chi connectivity index (χ1v) is 10.9. The van der Waals surface area contributed by atoms with Gasteiger partial charge in [0.15, 0.2) is 12.0 Å². The smallest absolute Gasteiger partial charge is 0.185 e. The number of halogens is 1. The average Bonchev–Trinajstić information content (AvgIpc) is 3.47. The van der Waals surface area contributed by atoms with E-state index in [0.29, 0.717) is 24.2 Å². The number of hydrogen-bond donors (Lipinski definition) is 1. The van der Waals surface area contributed by atoms with Crippen LogP contribution in [0.5, 0.6) is 0 Å². The van der Waals surface area contributed by atoms with Crippen molar-refractivity contribution in [2.24, 2.45) is 0 Å². The summed E-state index contributed by atoms with van der Waals surface area (Å²) in [4.78, 5) is 19.7.